The van der Waals surface area contributed by atoms with Crippen molar-refractivity contribution in [2.45, 2.75) is 42.9 Å². The minimum absolute atomic E-state index is 0.277. The zero-order valence-electron chi connectivity index (χ0n) is 7.43. The van der Waals surface area contributed by atoms with Crippen LogP contribution in [0.25, 0.3) is 0 Å². The van der Waals surface area contributed by atoms with Crippen molar-refractivity contribution in [3.63, 3.8) is 0 Å². The standard InChI is InChI=1S/C8H14S3/c1-7(2)5-6(9)10-8(3,4)11-7/h5H2,1-4H3. The highest BCUT2D eigenvalue weighted by Crippen LogP contribution is 2.51. The molecule has 0 unspecified atom stereocenters. The van der Waals surface area contributed by atoms with Crippen molar-refractivity contribution in [1.29, 1.82) is 0 Å². The molecule has 0 N–H and O–H groups in total. The van der Waals surface area contributed by atoms with Crippen LogP contribution in [0.15, 0.2) is 0 Å². The summed E-state index contributed by atoms with van der Waals surface area (Å²) in [7, 11) is 0. The van der Waals surface area contributed by atoms with E-state index in [-0.39, 0.29) is 4.08 Å². The molecular weight excluding hydrogens is 192 g/mol. The van der Waals surface area contributed by atoms with Crippen LogP contribution in [0.3, 0.4) is 0 Å². The normalized spacial score (nSPS) is 28.5. The SMILES string of the molecule is CC1(C)CC(=S)SC(C)(C)S1. The van der Waals surface area contributed by atoms with Gasteiger partial charge in [-0.2, -0.15) is 0 Å². The van der Waals surface area contributed by atoms with E-state index in [9.17, 15) is 0 Å². The van der Waals surface area contributed by atoms with Gasteiger partial charge in [-0.15, -0.1) is 23.5 Å². The maximum absolute atomic E-state index is 5.25. The second-order valence-corrected chi connectivity index (χ2v) is 8.97. The minimum Gasteiger partial charge on any atom is -0.138 e. The van der Waals surface area contributed by atoms with Crippen LogP contribution in [-0.4, -0.2) is 13.0 Å². The Balaban J connectivity index is 2.74. The lowest BCUT2D eigenvalue weighted by atomic mass is 10.1. The first-order valence-corrected chi connectivity index (χ1v) is 5.77. The molecule has 0 spiro atoms. The number of rotatable bonds is 0. The van der Waals surface area contributed by atoms with Crippen molar-refractivity contribution in [2.75, 3.05) is 0 Å². The quantitative estimate of drug-likeness (QED) is 0.555. The van der Waals surface area contributed by atoms with Gasteiger partial charge in [0.05, 0.1) is 8.28 Å². The van der Waals surface area contributed by atoms with Gasteiger partial charge >= 0.3 is 0 Å². The highest BCUT2D eigenvalue weighted by molar-refractivity contribution is 8.32. The largest absolute Gasteiger partial charge is 0.138 e. The van der Waals surface area contributed by atoms with Crippen LogP contribution in [0.4, 0.5) is 0 Å². The Hall–Kier alpha value is 0.790. The lowest BCUT2D eigenvalue weighted by Gasteiger charge is -2.39. The Morgan fingerprint density at radius 2 is 1.82 bits per heavy atom. The molecule has 1 saturated heterocycles. The zero-order valence-corrected chi connectivity index (χ0v) is 9.88. The predicted octanol–water partition coefficient (Wildman–Crippen LogP) is 3.70. The molecule has 1 aliphatic rings. The lowest BCUT2D eigenvalue weighted by Crippen LogP contribution is -2.31. The van der Waals surface area contributed by atoms with Crippen LogP contribution in [-0.2, 0) is 0 Å². The summed E-state index contributed by atoms with van der Waals surface area (Å²) in [5, 5.41) is 0. The molecule has 1 heterocycles. The Kier molecular flexibility index (Phi) is 2.63. The van der Waals surface area contributed by atoms with Crippen LogP contribution in [0, 0.1) is 0 Å². The van der Waals surface area contributed by atoms with Gasteiger partial charge in [0.2, 0.25) is 0 Å². The van der Waals surface area contributed by atoms with Gasteiger partial charge in [-0.05, 0) is 13.8 Å². The fourth-order valence-electron chi connectivity index (χ4n) is 1.38. The van der Waals surface area contributed by atoms with Crippen molar-refractivity contribution in [2.24, 2.45) is 0 Å². The number of thiocarbonyl (C=S) groups is 1. The maximum atomic E-state index is 5.25. The molecule has 0 aromatic carbocycles. The molecule has 3 heteroatoms. The van der Waals surface area contributed by atoms with Gasteiger partial charge in [0, 0.05) is 11.2 Å². The molecule has 0 saturated carbocycles. The number of thioether (sulfide) groups is 2. The number of hydrogen-bond acceptors (Lipinski definition) is 3. The highest BCUT2D eigenvalue weighted by atomic mass is 32.2. The smallest absolute Gasteiger partial charge is 0.0612 e. The van der Waals surface area contributed by atoms with Crippen LogP contribution < -0.4 is 0 Å². The van der Waals surface area contributed by atoms with E-state index in [2.05, 4.69) is 27.7 Å². The second kappa shape index (κ2) is 2.93. The summed E-state index contributed by atoms with van der Waals surface area (Å²) in [6.45, 7) is 9.03. The summed E-state index contributed by atoms with van der Waals surface area (Å²) in [6, 6.07) is 0. The molecule has 1 rings (SSSR count). The van der Waals surface area contributed by atoms with Crippen LogP contribution >= 0.6 is 35.7 Å². The van der Waals surface area contributed by atoms with Crippen LogP contribution in [0.1, 0.15) is 34.1 Å². The van der Waals surface area contributed by atoms with Gasteiger partial charge in [0.1, 0.15) is 0 Å². The van der Waals surface area contributed by atoms with E-state index in [0.29, 0.717) is 4.75 Å². The van der Waals surface area contributed by atoms with E-state index in [0.717, 1.165) is 6.42 Å². The first kappa shape index (κ1) is 9.87. The molecule has 0 amide bonds. The maximum Gasteiger partial charge on any atom is 0.0612 e. The van der Waals surface area contributed by atoms with Gasteiger partial charge in [-0.3, -0.25) is 0 Å². The van der Waals surface area contributed by atoms with E-state index < -0.39 is 0 Å². The fraction of sp³-hybridized carbons (Fsp3) is 0.875. The Morgan fingerprint density at radius 1 is 1.27 bits per heavy atom. The molecule has 0 atom stereocenters. The molecule has 0 radical (unpaired) electrons. The predicted molar refractivity (Wildman–Crippen MR) is 60.6 cm³/mol. The van der Waals surface area contributed by atoms with E-state index in [1.54, 1.807) is 0 Å². The van der Waals surface area contributed by atoms with Crippen LogP contribution in [0.5, 0.6) is 0 Å². The fourth-order valence-corrected chi connectivity index (χ4v) is 6.38. The van der Waals surface area contributed by atoms with Crippen molar-refractivity contribution >= 4 is 39.9 Å². The van der Waals surface area contributed by atoms with Gasteiger partial charge in [0.15, 0.2) is 0 Å². The Bertz CT molecular complexity index is 164. The van der Waals surface area contributed by atoms with Gasteiger partial charge < -0.3 is 0 Å². The van der Waals surface area contributed by atoms with Gasteiger partial charge in [0.25, 0.3) is 0 Å². The first-order chi connectivity index (χ1) is 4.81. The minimum atomic E-state index is 0.277. The summed E-state index contributed by atoms with van der Waals surface area (Å²) in [6.07, 6.45) is 1.07. The average Bonchev–Trinajstić information content (AvgIpc) is 1.49. The molecule has 11 heavy (non-hydrogen) atoms. The van der Waals surface area contributed by atoms with Crippen molar-refractivity contribution in [1.82, 2.24) is 0 Å². The molecule has 1 fully saturated rings. The Labute approximate surface area is 82.9 Å². The average molecular weight is 206 g/mol. The monoisotopic (exact) mass is 206 g/mol. The third kappa shape index (κ3) is 2.96. The van der Waals surface area contributed by atoms with Crippen LogP contribution in [0.2, 0.25) is 0 Å². The third-order valence-corrected chi connectivity index (χ3v) is 4.40. The van der Waals surface area contributed by atoms with Crippen molar-refractivity contribution in [3.05, 3.63) is 0 Å². The van der Waals surface area contributed by atoms with Crippen molar-refractivity contribution in [3.8, 4) is 0 Å². The summed E-state index contributed by atoms with van der Waals surface area (Å²) in [4.78, 5) is 0. The molecule has 64 valence electrons. The van der Waals surface area contributed by atoms with E-state index in [4.69, 9.17) is 12.2 Å². The molecule has 0 nitrogen and oxygen atoms in total. The van der Waals surface area contributed by atoms with E-state index >= 15 is 0 Å². The summed E-state index contributed by atoms with van der Waals surface area (Å²) in [5.74, 6) is 0. The second-order valence-electron chi connectivity index (χ2n) is 3.91. The molecule has 0 bridgehead atoms. The van der Waals surface area contributed by atoms with E-state index in [1.807, 2.05) is 23.5 Å². The molecular formula is C8H14S3. The Morgan fingerprint density at radius 3 is 2.18 bits per heavy atom. The summed E-state index contributed by atoms with van der Waals surface area (Å²) in [5.41, 5.74) is 0. The summed E-state index contributed by atoms with van der Waals surface area (Å²) < 4.78 is 1.78. The first-order valence-electron chi connectivity index (χ1n) is 3.73. The van der Waals surface area contributed by atoms with Gasteiger partial charge in [-0.1, -0.05) is 26.1 Å². The topological polar surface area (TPSA) is 0 Å². The third-order valence-electron chi connectivity index (χ3n) is 1.45. The highest BCUT2D eigenvalue weighted by Gasteiger charge is 2.36. The molecule has 0 aromatic rings. The molecule has 0 aromatic heterocycles. The zero-order chi connectivity index (χ0) is 8.70. The van der Waals surface area contributed by atoms with Gasteiger partial charge in [-0.25, -0.2) is 0 Å². The number of hydrogen-bond donors (Lipinski definition) is 0. The molecule has 0 aliphatic carbocycles. The van der Waals surface area contributed by atoms with E-state index in [1.165, 1.54) is 4.20 Å². The van der Waals surface area contributed by atoms with Crippen molar-refractivity contribution < 1.29 is 0 Å². The lowest BCUT2D eigenvalue weighted by molar-refractivity contribution is 0.741. The summed E-state index contributed by atoms with van der Waals surface area (Å²) >= 11 is 9.12. The molecule has 1 aliphatic heterocycles.